The second-order valence-corrected chi connectivity index (χ2v) is 9.06. The summed E-state index contributed by atoms with van der Waals surface area (Å²) in [5.41, 5.74) is -0.756. The van der Waals surface area contributed by atoms with E-state index in [1.807, 2.05) is 13.8 Å². The molecule has 2 fully saturated rings. The Morgan fingerprint density at radius 2 is 1.69 bits per heavy atom. The van der Waals surface area contributed by atoms with Crippen molar-refractivity contribution in [1.82, 2.24) is 9.80 Å². The highest BCUT2D eigenvalue weighted by atomic mass is 16.5. The molecule has 0 aromatic heterocycles. The van der Waals surface area contributed by atoms with Crippen LogP contribution in [0.25, 0.3) is 0 Å². The number of rotatable bonds is 4. The number of benzene rings is 1. The average Bonchev–Trinajstić information content (AvgIpc) is 3.09. The molecule has 0 spiro atoms. The molecule has 1 aromatic rings. The van der Waals surface area contributed by atoms with Crippen molar-refractivity contribution < 1.29 is 23.9 Å². The minimum atomic E-state index is -1.56. The molecule has 0 saturated carbocycles. The lowest BCUT2D eigenvalue weighted by atomic mass is 9.95. The lowest BCUT2D eigenvalue weighted by molar-refractivity contribution is -0.163. The van der Waals surface area contributed by atoms with Crippen LogP contribution in [0.1, 0.15) is 69.2 Å². The second kappa shape index (κ2) is 8.92. The minimum Gasteiger partial charge on any atom is -0.452 e. The van der Waals surface area contributed by atoms with Gasteiger partial charge < -0.3 is 14.5 Å². The third-order valence-electron chi connectivity index (χ3n) is 6.68. The second-order valence-electron chi connectivity index (χ2n) is 9.06. The van der Waals surface area contributed by atoms with Crippen molar-refractivity contribution in [1.29, 1.82) is 0 Å². The molecule has 0 N–H and O–H groups in total. The third kappa shape index (κ3) is 3.65. The summed E-state index contributed by atoms with van der Waals surface area (Å²) in [6, 6.07) is 6.48. The molecule has 0 radical (unpaired) electrons. The first-order valence-corrected chi connectivity index (χ1v) is 11.6. The molecule has 3 aliphatic heterocycles. The molecule has 32 heavy (non-hydrogen) atoms. The molecule has 1 aromatic carbocycles. The summed E-state index contributed by atoms with van der Waals surface area (Å²) in [6.45, 7) is 4.57. The normalized spacial score (nSPS) is 23.5. The van der Waals surface area contributed by atoms with E-state index in [-0.39, 0.29) is 43.2 Å². The summed E-state index contributed by atoms with van der Waals surface area (Å²) in [4.78, 5) is 57.2. The van der Waals surface area contributed by atoms with Crippen molar-refractivity contribution in [3.05, 3.63) is 29.8 Å². The number of likely N-dealkylation sites (tertiary alicyclic amines) is 1. The minimum absolute atomic E-state index is 0.125. The number of para-hydroxylation sites is 1. The third-order valence-corrected chi connectivity index (χ3v) is 6.68. The van der Waals surface area contributed by atoms with E-state index in [4.69, 9.17) is 4.74 Å². The van der Waals surface area contributed by atoms with Crippen LogP contribution < -0.4 is 4.90 Å². The fraction of sp³-hybridized carbons (Fsp3) is 0.583. The molecule has 0 aliphatic carbocycles. The topological polar surface area (TPSA) is 87.2 Å². The zero-order chi connectivity index (χ0) is 22.9. The highest BCUT2D eigenvalue weighted by molar-refractivity contribution is 6.15. The van der Waals surface area contributed by atoms with Gasteiger partial charge in [-0.15, -0.1) is 0 Å². The average molecular weight is 442 g/mol. The fourth-order valence-corrected chi connectivity index (χ4v) is 5.20. The summed E-state index contributed by atoms with van der Waals surface area (Å²) >= 11 is 0. The number of carbonyl (C=O) groups excluding carboxylic acids is 4. The lowest BCUT2D eigenvalue weighted by Gasteiger charge is -2.50. The van der Waals surface area contributed by atoms with Crippen molar-refractivity contribution in [3.8, 4) is 0 Å². The number of esters is 1. The number of carbonyl (C=O) groups is 4. The first-order valence-electron chi connectivity index (χ1n) is 11.6. The molecule has 0 bridgehead atoms. The fourth-order valence-electron chi connectivity index (χ4n) is 5.20. The van der Waals surface area contributed by atoms with Gasteiger partial charge >= 0.3 is 5.97 Å². The van der Waals surface area contributed by atoms with Gasteiger partial charge in [0.15, 0.2) is 6.61 Å². The lowest BCUT2D eigenvalue weighted by Crippen LogP contribution is -2.70. The predicted molar refractivity (Wildman–Crippen MR) is 118 cm³/mol. The summed E-state index contributed by atoms with van der Waals surface area (Å²) in [7, 11) is 0. The zero-order valence-corrected chi connectivity index (χ0v) is 18.8. The Hall–Kier alpha value is -2.90. The van der Waals surface area contributed by atoms with E-state index in [0.29, 0.717) is 24.3 Å². The van der Waals surface area contributed by atoms with Crippen molar-refractivity contribution in [2.75, 3.05) is 24.6 Å². The maximum atomic E-state index is 13.5. The van der Waals surface area contributed by atoms with Gasteiger partial charge in [-0.3, -0.25) is 19.3 Å². The quantitative estimate of drug-likeness (QED) is 0.671. The number of fused-ring (bicyclic) bond motifs is 3. The highest BCUT2D eigenvalue weighted by Crippen LogP contribution is 2.45. The number of hydrogen-bond donors (Lipinski definition) is 0. The van der Waals surface area contributed by atoms with Gasteiger partial charge in [-0.2, -0.15) is 0 Å². The SMILES string of the molecule is CC(C)N1C(=O)c2ccccc2N2C(=O)CCC21C(=O)OCC(=O)N1CCCCCCC1. The molecular weight excluding hydrogens is 410 g/mol. The van der Waals surface area contributed by atoms with Crippen LogP contribution >= 0.6 is 0 Å². The van der Waals surface area contributed by atoms with Crippen molar-refractivity contribution >= 4 is 29.4 Å². The Morgan fingerprint density at radius 1 is 1.03 bits per heavy atom. The van der Waals surface area contributed by atoms with Crippen LogP contribution in [0.5, 0.6) is 0 Å². The molecule has 2 saturated heterocycles. The maximum absolute atomic E-state index is 13.5. The van der Waals surface area contributed by atoms with E-state index >= 15 is 0 Å². The van der Waals surface area contributed by atoms with Crippen molar-refractivity contribution in [2.24, 2.45) is 0 Å². The van der Waals surface area contributed by atoms with Crippen LogP contribution in [-0.2, 0) is 19.1 Å². The van der Waals surface area contributed by atoms with Crippen LogP contribution in [0, 0.1) is 0 Å². The summed E-state index contributed by atoms with van der Waals surface area (Å²) in [5.74, 6) is -1.50. The van der Waals surface area contributed by atoms with Gasteiger partial charge in [0.1, 0.15) is 0 Å². The van der Waals surface area contributed by atoms with Gasteiger partial charge in [0, 0.05) is 32.0 Å². The summed E-state index contributed by atoms with van der Waals surface area (Å²) < 4.78 is 5.55. The van der Waals surface area contributed by atoms with E-state index in [1.54, 1.807) is 29.2 Å². The van der Waals surface area contributed by atoms with Crippen LogP contribution in [-0.4, -0.2) is 64.9 Å². The summed E-state index contributed by atoms with van der Waals surface area (Å²) in [5, 5.41) is 0. The molecule has 8 heteroatoms. The van der Waals surface area contributed by atoms with E-state index in [2.05, 4.69) is 0 Å². The molecule has 1 atom stereocenters. The molecule has 1 unspecified atom stereocenters. The molecule has 3 amide bonds. The maximum Gasteiger partial charge on any atom is 0.354 e. The van der Waals surface area contributed by atoms with Gasteiger partial charge in [-0.25, -0.2) is 4.79 Å². The Kier molecular flexibility index (Phi) is 6.22. The molecule has 3 heterocycles. The highest BCUT2D eigenvalue weighted by Gasteiger charge is 2.62. The Bertz CT molecular complexity index is 922. The monoisotopic (exact) mass is 441 g/mol. The van der Waals surface area contributed by atoms with Gasteiger partial charge in [-0.05, 0) is 38.8 Å². The van der Waals surface area contributed by atoms with Crippen molar-refractivity contribution in [2.45, 2.75) is 70.5 Å². The van der Waals surface area contributed by atoms with Gasteiger partial charge in [0.2, 0.25) is 11.6 Å². The van der Waals surface area contributed by atoms with Crippen LogP contribution in [0.2, 0.25) is 0 Å². The zero-order valence-electron chi connectivity index (χ0n) is 18.8. The van der Waals surface area contributed by atoms with Gasteiger partial charge in [-0.1, -0.05) is 31.4 Å². The molecule has 8 nitrogen and oxygen atoms in total. The van der Waals surface area contributed by atoms with Crippen molar-refractivity contribution in [3.63, 3.8) is 0 Å². The standard InChI is InChI=1S/C24H31N3O5/c1-17(2)26-22(30)18-10-6-7-11-19(18)27-20(28)12-13-24(26,27)23(31)32-16-21(29)25-14-8-4-3-5-9-15-25/h6-7,10-11,17H,3-5,8-9,12-16H2,1-2H3. The van der Waals surface area contributed by atoms with Gasteiger partial charge in [0.25, 0.3) is 11.8 Å². The number of ether oxygens (including phenoxy) is 1. The van der Waals surface area contributed by atoms with Crippen LogP contribution in [0.3, 0.4) is 0 Å². The Labute approximate surface area is 188 Å². The largest absolute Gasteiger partial charge is 0.452 e. The van der Waals surface area contributed by atoms with E-state index in [9.17, 15) is 19.2 Å². The molecule has 3 aliphatic rings. The van der Waals surface area contributed by atoms with Crippen LogP contribution in [0.15, 0.2) is 24.3 Å². The van der Waals surface area contributed by atoms with E-state index < -0.39 is 11.6 Å². The number of anilines is 1. The molecular formula is C24H31N3O5. The number of hydrogen-bond acceptors (Lipinski definition) is 5. The molecule has 172 valence electrons. The Balaban J connectivity index is 1.61. The van der Waals surface area contributed by atoms with Gasteiger partial charge in [0.05, 0.1) is 11.3 Å². The van der Waals surface area contributed by atoms with Crippen LogP contribution in [0.4, 0.5) is 5.69 Å². The smallest absolute Gasteiger partial charge is 0.354 e. The first-order chi connectivity index (χ1) is 15.4. The van der Waals surface area contributed by atoms with E-state index in [1.165, 1.54) is 16.2 Å². The van der Waals surface area contributed by atoms with E-state index in [0.717, 1.165) is 25.7 Å². The Morgan fingerprint density at radius 3 is 2.38 bits per heavy atom. The first kappa shape index (κ1) is 22.3. The number of amides is 3. The molecule has 4 rings (SSSR count). The summed E-state index contributed by atoms with van der Waals surface area (Å²) in [6.07, 6.45) is 5.52. The number of nitrogens with zero attached hydrogens (tertiary/aromatic N) is 3. The predicted octanol–water partition coefficient (Wildman–Crippen LogP) is 2.71.